The third-order valence-corrected chi connectivity index (χ3v) is 3.76. The van der Waals surface area contributed by atoms with E-state index < -0.39 is 5.97 Å². The fraction of sp³-hybridized carbons (Fsp3) is 0.286. The summed E-state index contributed by atoms with van der Waals surface area (Å²) < 4.78 is 0. The highest BCUT2D eigenvalue weighted by atomic mass is 32.1. The van der Waals surface area contributed by atoms with Gasteiger partial charge in [-0.15, -0.1) is 11.3 Å². The van der Waals surface area contributed by atoms with Crippen molar-refractivity contribution in [2.75, 3.05) is 0 Å². The van der Waals surface area contributed by atoms with Crippen LogP contribution in [0.15, 0.2) is 29.8 Å². The van der Waals surface area contributed by atoms with Gasteiger partial charge in [0.1, 0.15) is 0 Å². The van der Waals surface area contributed by atoms with Crippen LogP contribution in [0, 0.1) is 0 Å². The maximum Gasteiger partial charge on any atom is 0.303 e. The average Bonchev–Trinajstić information content (AvgIpc) is 2.85. The molecule has 0 saturated carbocycles. The number of carboxylic acids is 1. The quantitative estimate of drug-likeness (QED) is 0.897. The maximum absolute atomic E-state index is 10.6. The Balaban J connectivity index is 2.21. The molecule has 0 aliphatic heterocycles. The van der Waals surface area contributed by atoms with Gasteiger partial charge in [0.05, 0.1) is 22.5 Å². The van der Waals surface area contributed by atoms with E-state index in [0.717, 1.165) is 22.6 Å². The molecule has 0 atom stereocenters. The van der Waals surface area contributed by atoms with Crippen molar-refractivity contribution in [2.45, 2.75) is 26.2 Å². The first-order valence-electron chi connectivity index (χ1n) is 5.94. The van der Waals surface area contributed by atoms with Crippen molar-refractivity contribution in [2.24, 2.45) is 0 Å². The molecule has 18 heavy (non-hydrogen) atoms. The minimum Gasteiger partial charge on any atom is -0.481 e. The molecular weight excluding hydrogens is 246 g/mol. The normalized spacial score (nSPS) is 10.5. The molecule has 4 heteroatoms. The number of hydrogen-bond donors (Lipinski definition) is 1. The molecule has 1 aromatic heterocycles. The van der Waals surface area contributed by atoms with Gasteiger partial charge in [0.15, 0.2) is 0 Å². The zero-order chi connectivity index (χ0) is 13.0. The second-order valence-electron chi connectivity index (χ2n) is 4.07. The van der Waals surface area contributed by atoms with Crippen molar-refractivity contribution >= 4 is 17.3 Å². The molecule has 94 valence electrons. The number of carboxylic acid groups (broad SMARTS) is 1. The number of thiazole rings is 1. The summed E-state index contributed by atoms with van der Waals surface area (Å²) in [7, 11) is 0. The van der Waals surface area contributed by atoms with Crippen molar-refractivity contribution in [3.05, 3.63) is 41.0 Å². The largest absolute Gasteiger partial charge is 0.481 e. The minimum atomic E-state index is -0.782. The van der Waals surface area contributed by atoms with Crippen LogP contribution in [0.5, 0.6) is 0 Å². The monoisotopic (exact) mass is 261 g/mol. The van der Waals surface area contributed by atoms with Crippen molar-refractivity contribution in [1.82, 2.24) is 4.98 Å². The molecule has 0 spiro atoms. The molecule has 0 aliphatic carbocycles. The van der Waals surface area contributed by atoms with Gasteiger partial charge in [0.2, 0.25) is 0 Å². The van der Waals surface area contributed by atoms with Gasteiger partial charge in [0, 0.05) is 6.42 Å². The fourth-order valence-corrected chi connectivity index (χ4v) is 2.65. The van der Waals surface area contributed by atoms with E-state index in [9.17, 15) is 4.79 Å². The van der Waals surface area contributed by atoms with E-state index in [4.69, 9.17) is 5.11 Å². The molecule has 0 amide bonds. The molecule has 3 nitrogen and oxygen atoms in total. The molecule has 0 fully saturated rings. The first-order valence-corrected chi connectivity index (χ1v) is 6.82. The van der Waals surface area contributed by atoms with Gasteiger partial charge >= 0.3 is 5.97 Å². The molecule has 2 aromatic rings. The first kappa shape index (κ1) is 12.8. The van der Waals surface area contributed by atoms with Crippen molar-refractivity contribution < 1.29 is 9.90 Å². The van der Waals surface area contributed by atoms with Gasteiger partial charge in [-0.3, -0.25) is 4.79 Å². The Labute approximate surface area is 110 Å². The van der Waals surface area contributed by atoms with E-state index >= 15 is 0 Å². The summed E-state index contributed by atoms with van der Waals surface area (Å²) in [6, 6.07) is 8.37. The average molecular weight is 261 g/mol. The summed E-state index contributed by atoms with van der Waals surface area (Å²) in [5.41, 5.74) is 5.08. The third-order valence-electron chi connectivity index (χ3n) is 2.84. The maximum atomic E-state index is 10.6. The van der Waals surface area contributed by atoms with Crippen LogP contribution in [-0.2, 0) is 17.6 Å². The van der Waals surface area contributed by atoms with Crippen LogP contribution in [0.2, 0.25) is 0 Å². The first-order chi connectivity index (χ1) is 8.70. The summed E-state index contributed by atoms with van der Waals surface area (Å²) >= 11 is 1.56. The summed E-state index contributed by atoms with van der Waals surface area (Å²) in [5.74, 6) is -0.782. The number of aryl methyl sites for hydroxylation is 2. The lowest BCUT2D eigenvalue weighted by Gasteiger charge is -2.03. The number of rotatable bonds is 5. The van der Waals surface area contributed by atoms with Crippen LogP contribution in [-0.4, -0.2) is 16.1 Å². The summed E-state index contributed by atoms with van der Waals surface area (Å²) in [6.45, 7) is 2.12. The third kappa shape index (κ3) is 2.96. The Kier molecular flexibility index (Phi) is 4.10. The fourth-order valence-electron chi connectivity index (χ4n) is 1.80. The lowest BCUT2D eigenvalue weighted by molar-refractivity contribution is -0.136. The highest BCUT2D eigenvalue weighted by molar-refractivity contribution is 7.13. The number of benzene rings is 1. The van der Waals surface area contributed by atoms with E-state index in [1.165, 1.54) is 5.56 Å². The van der Waals surface area contributed by atoms with Crippen LogP contribution in [0.3, 0.4) is 0 Å². The van der Waals surface area contributed by atoms with E-state index in [1.807, 2.05) is 0 Å². The molecule has 0 unspecified atom stereocenters. The smallest absolute Gasteiger partial charge is 0.303 e. The number of hydrogen-bond acceptors (Lipinski definition) is 3. The Bertz CT molecular complexity index is 531. The zero-order valence-corrected chi connectivity index (χ0v) is 11.0. The molecule has 1 aromatic carbocycles. The minimum absolute atomic E-state index is 0.129. The van der Waals surface area contributed by atoms with Crippen LogP contribution >= 0.6 is 11.3 Å². The second-order valence-corrected chi connectivity index (χ2v) is 4.93. The van der Waals surface area contributed by atoms with Crippen LogP contribution in [0.4, 0.5) is 0 Å². The summed E-state index contributed by atoms with van der Waals surface area (Å²) in [4.78, 5) is 15.9. The Hall–Kier alpha value is -1.68. The molecular formula is C14H15NO2S. The van der Waals surface area contributed by atoms with Gasteiger partial charge in [0.25, 0.3) is 0 Å². The molecule has 1 N–H and O–H groups in total. The highest BCUT2D eigenvalue weighted by Gasteiger charge is 2.10. The van der Waals surface area contributed by atoms with E-state index in [2.05, 4.69) is 36.2 Å². The molecule has 0 saturated heterocycles. The lowest BCUT2D eigenvalue weighted by Crippen LogP contribution is -1.98. The van der Waals surface area contributed by atoms with Crippen LogP contribution < -0.4 is 0 Å². The summed E-state index contributed by atoms with van der Waals surface area (Å²) in [5, 5.41) is 8.72. The molecule has 1 heterocycles. The van der Waals surface area contributed by atoms with Crippen molar-refractivity contribution in [3.8, 4) is 10.4 Å². The summed E-state index contributed by atoms with van der Waals surface area (Å²) in [6.07, 6.45) is 1.64. The van der Waals surface area contributed by atoms with E-state index in [0.29, 0.717) is 6.42 Å². The predicted octanol–water partition coefficient (Wildman–Crippen LogP) is 3.39. The number of nitrogens with zero attached hydrogens (tertiary/aromatic N) is 1. The van der Waals surface area contributed by atoms with E-state index in [-0.39, 0.29) is 6.42 Å². The van der Waals surface area contributed by atoms with Crippen molar-refractivity contribution in [3.63, 3.8) is 0 Å². The predicted molar refractivity (Wildman–Crippen MR) is 72.9 cm³/mol. The van der Waals surface area contributed by atoms with Crippen molar-refractivity contribution in [1.29, 1.82) is 0 Å². The van der Waals surface area contributed by atoms with Gasteiger partial charge in [-0.25, -0.2) is 4.98 Å². The SMILES string of the molecule is CCc1ccc(-c2scnc2CCC(=O)O)cc1. The topological polar surface area (TPSA) is 50.2 Å². The zero-order valence-electron chi connectivity index (χ0n) is 10.2. The van der Waals surface area contributed by atoms with Crippen LogP contribution in [0.25, 0.3) is 10.4 Å². The van der Waals surface area contributed by atoms with Gasteiger partial charge in [-0.05, 0) is 17.5 Å². The van der Waals surface area contributed by atoms with E-state index in [1.54, 1.807) is 16.8 Å². The Morgan fingerprint density at radius 2 is 2.06 bits per heavy atom. The van der Waals surface area contributed by atoms with Gasteiger partial charge < -0.3 is 5.11 Å². The highest BCUT2D eigenvalue weighted by Crippen LogP contribution is 2.28. The van der Waals surface area contributed by atoms with Gasteiger partial charge in [-0.2, -0.15) is 0 Å². The molecule has 0 bridgehead atoms. The number of aromatic nitrogens is 1. The molecule has 2 rings (SSSR count). The number of carbonyl (C=O) groups is 1. The Morgan fingerprint density at radius 3 is 2.67 bits per heavy atom. The lowest BCUT2D eigenvalue weighted by atomic mass is 10.1. The Morgan fingerprint density at radius 1 is 1.33 bits per heavy atom. The van der Waals surface area contributed by atoms with Crippen LogP contribution in [0.1, 0.15) is 24.6 Å². The molecule has 0 aliphatic rings. The standard InChI is InChI=1S/C14H15NO2S/c1-2-10-3-5-11(6-4-10)14-12(15-9-18-14)7-8-13(16)17/h3-6,9H,2,7-8H2,1H3,(H,16,17). The number of aliphatic carboxylic acids is 1. The second kappa shape index (κ2) is 5.78. The van der Waals surface area contributed by atoms with Gasteiger partial charge in [-0.1, -0.05) is 31.2 Å². The molecule has 0 radical (unpaired) electrons.